The van der Waals surface area contributed by atoms with Gasteiger partial charge in [-0.2, -0.15) is 5.10 Å². The average molecular weight is 384 g/mol. The van der Waals surface area contributed by atoms with Crippen molar-refractivity contribution < 1.29 is 13.2 Å². The zero-order chi connectivity index (χ0) is 19.4. The summed E-state index contributed by atoms with van der Waals surface area (Å²) in [5.41, 5.74) is 1.98. The van der Waals surface area contributed by atoms with Crippen LogP contribution in [0.5, 0.6) is 0 Å². The van der Waals surface area contributed by atoms with Crippen molar-refractivity contribution in [1.29, 1.82) is 0 Å². The first-order chi connectivity index (χ1) is 12.9. The van der Waals surface area contributed by atoms with E-state index in [0.29, 0.717) is 17.8 Å². The number of nitrogens with one attached hydrogen (secondary N) is 1. The molecule has 8 heteroatoms. The van der Waals surface area contributed by atoms with Gasteiger partial charge in [-0.05, 0) is 42.0 Å². The van der Waals surface area contributed by atoms with Crippen LogP contribution in [0, 0.1) is 0 Å². The van der Waals surface area contributed by atoms with Crippen LogP contribution < -0.4 is 5.32 Å². The van der Waals surface area contributed by atoms with Crippen molar-refractivity contribution in [2.75, 3.05) is 19.4 Å². The van der Waals surface area contributed by atoms with Crippen LogP contribution in [-0.4, -0.2) is 42.5 Å². The Labute approximate surface area is 158 Å². The number of anilines is 1. The highest BCUT2D eigenvalue weighted by molar-refractivity contribution is 7.89. The second-order valence-electron chi connectivity index (χ2n) is 6.13. The SMILES string of the molecule is CN(C)S(=O)(=O)c1ccc(C(=O)Nc2ccccc2Cn2cccn2)cc1. The summed E-state index contributed by atoms with van der Waals surface area (Å²) >= 11 is 0. The van der Waals surface area contributed by atoms with E-state index in [1.807, 2.05) is 36.5 Å². The van der Waals surface area contributed by atoms with Crippen LogP contribution in [0.15, 0.2) is 71.9 Å². The van der Waals surface area contributed by atoms with E-state index in [4.69, 9.17) is 0 Å². The third kappa shape index (κ3) is 4.24. The minimum absolute atomic E-state index is 0.142. The Kier molecular flexibility index (Phi) is 5.38. The molecule has 0 bridgehead atoms. The Hall–Kier alpha value is -2.97. The maximum Gasteiger partial charge on any atom is 0.255 e. The van der Waals surface area contributed by atoms with Gasteiger partial charge in [-0.3, -0.25) is 9.48 Å². The van der Waals surface area contributed by atoms with E-state index in [0.717, 1.165) is 9.87 Å². The standard InChI is InChI=1S/C19H20N4O3S/c1-22(2)27(25,26)17-10-8-15(9-11-17)19(24)21-18-7-4-3-6-16(18)14-23-13-5-12-20-23/h3-13H,14H2,1-2H3,(H,21,24). The third-order valence-corrected chi connectivity index (χ3v) is 5.88. The average Bonchev–Trinajstić information content (AvgIpc) is 3.16. The van der Waals surface area contributed by atoms with Gasteiger partial charge in [-0.15, -0.1) is 0 Å². The molecule has 1 N–H and O–H groups in total. The van der Waals surface area contributed by atoms with Crippen molar-refractivity contribution in [3.8, 4) is 0 Å². The van der Waals surface area contributed by atoms with E-state index < -0.39 is 10.0 Å². The van der Waals surface area contributed by atoms with Crippen LogP contribution >= 0.6 is 0 Å². The fourth-order valence-electron chi connectivity index (χ4n) is 2.53. The van der Waals surface area contributed by atoms with Gasteiger partial charge in [0.1, 0.15) is 0 Å². The highest BCUT2D eigenvalue weighted by Crippen LogP contribution is 2.19. The molecule has 140 valence electrons. The molecule has 0 aliphatic rings. The summed E-state index contributed by atoms with van der Waals surface area (Å²) in [4.78, 5) is 12.7. The van der Waals surface area contributed by atoms with Crippen molar-refractivity contribution in [1.82, 2.24) is 14.1 Å². The summed E-state index contributed by atoms with van der Waals surface area (Å²) in [6, 6.07) is 15.2. The van der Waals surface area contributed by atoms with Gasteiger partial charge in [0.25, 0.3) is 5.91 Å². The van der Waals surface area contributed by atoms with E-state index in [2.05, 4.69) is 10.4 Å². The molecule has 0 unspecified atom stereocenters. The van der Waals surface area contributed by atoms with Crippen LogP contribution in [0.25, 0.3) is 0 Å². The number of rotatable bonds is 6. The Morgan fingerprint density at radius 3 is 2.41 bits per heavy atom. The summed E-state index contributed by atoms with van der Waals surface area (Å²) in [6.07, 6.45) is 3.55. The fourth-order valence-corrected chi connectivity index (χ4v) is 3.43. The molecule has 0 saturated carbocycles. The fraction of sp³-hybridized carbons (Fsp3) is 0.158. The topological polar surface area (TPSA) is 84.3 Å². The molecular weight excluding hydrogens is 364 g/mol. The Morgan fingerprint density at radius 1 is 1.07 bits per heavy atom. The number of carbonyl (C=O) groups excluding carboxylic acids is 1. The molecule has 0 fully saturated rings. The predicted octanol–water partition coefficient (Wildman–Crippen LogP) is 2.43. The molecular formula is C19H20N4O3S. The summed E-state index contributed by atoms with van der Waals surface area (Å²) in [7, 11) is -0.593. The molecule has 7 nitrogen and oxygen atoms in total. The minimum Gasteiger partial charge on any atom is -0.322 e. The normalized spacial score (nSPS) is 11.5. The molecule has 0 saturated heterocycles. The van der Waals surface area contributed by atoms with Gasteiger partial charge >= 0.3 is 0 Å². The number of benzene rings is 2. The van der Waals surface area contributed by atoms with E-state index in [-0.39, 0.29) is 10.8 Å². The van der Waals surface area contributed by atoms with Crippen molar-refractivity contribution in [2.24, 2.45) is 0 Å². The predicted molar refractivity (Wildman–Crippen MR) is 103 cm³/mol. The zero-order valence-corrected chi connectivity index (χ0v) is 15.8. The lowest BCUT2D eigenvalue weighted by Crippen LogP contribution is -2.22. The first kappa shape index (κ1) is 18.8. The summed E-state index contributed by atoms with van der Waals surface area (Å²) in [5, 5.41) is 7.06. The molecule has 2 aromatic carbocycles. The van der Waals surface area contributed by atoms with Gasteiger partial charge in [0, 0.05) is 37.7 Å². The number of amides is 1. The Bertz CT molecular complexity index is 1030. The second kappa shape index (κ2) is 7.73. The van der Waals surface area contributed by atoms with Gasteiger partial charge in [-0.1, -0.05) is 18.2 Å². The highest BCUT2D eigenvalue weighted by atomic mass is 32.2. The summed E-state index contributed by atoms with van der Waals surface area (Å²) in [5.74, 6) is -0.309. The third-order valence-electron chi connectivity index (χ3n) is 4.05. The first-order valence-electron chi connectivity index (χ1n) is 8.27. The van der Waals surface area contributed by atoms with Crippen molar-refractivity contribution in [2.45, 2.75) is 11.4 Å². The van der Waals surface area contributed by atoms with Crippen LogP contribution in [0.2, 0.25) is 0 Å². The summed E-state index contributed by atoms with van der Waals surface area (Å²) < 4.78 is 27.1. The number of hydrogen-bond donors (Lipinski definition) is 1. The lowest BCUT2D eigenvalue weighted by atomic mass is 10.1. The molecule has 1 heterocycles. The van der Waals surface area contributed by atoms with E-state index in [1.165, 1.54) is 38.4 Å². The Morgan fingerprint density at radius 2 is 1.78 bits per heavy atom. The molecule has 0 spiro atoms. The maximum atomic E-state index is 12.6. The number of nitrogens with zero attached hydrogens (tertiary/aromatic N) is 3. The van der Waals surface area contributed by atoms with Crippen LogP contribution in [0.1, 0.15) is 15.9 Å². The van der Waals surface area contributed by atoms with Crippen molar-refractivity contribution in [3.05, 3.63) is 78.1 Å². The van der Waals surface area contributed by atoms with Gasteiger partial charge in [0.15, 0.2) is 0 Å². The first-order valence-corrected chi connectivity index (χ1v) is 9.71. The molecule has 3 rings (SSSR count). The number of hydrogen-bond acceptors (Lipinski definition) is 4. The molecule has 27 heavy (non-hydrogen) atoms. The summed E-state index contributed by atoms with van der Waals surface area (Å²) in [6.45, 7) is 0.531. The second-order valence-corrected chi connectivity index (χ2v) is 8.28. The smallest absolute Gasteiger partial charge is 0.255 e. The zero-order valence-electron chi connectivity index (χ0n) is 15.0. The van der Waals surface area contributed by atoms with Gasteiger partial charge in [-0.25, -0.2) is 12.7 Å². The lowest BCUT2D eigenvalue weighted by molar-refractivity contribution is 0.102. The molecule has 1 amide bonds. The van der Waals surface area contributed by atoms with Gasteiger partial charge in [0.05, 0.1) is 11.4 Å². The molecule has 0 aliphatic heterocycles. The molecule has 0 atom stereocenters. The van der Waals surface area contributed by atoms with E-state index in [9.17, 15) is 13.2 Å². The van der Waals surface area contributed by atoms with Crippen molar-refractivity contribution >= 4 is 21.6 Å². The monoisotopic (exact) mass is 384 g/mol. The van der Waals surface area contributed by atoms with E-state index in [1.54, 1.807) is 10.9 Å². The molecule has 0 radical (unpaired) electrons. The molecule has 0 aliphatic carbocycles. The maximum absolute atomic E-state index is 12.6. The molecule has 1 aromatic heterocycles. The Balaban J connectivity index is 1.78. The van der Waals surface area contributed by atoms with Gasteiger partial charge in [0.2, 0.25) is 10.0 Å². The number of sulfonamides is 1. The number of para-hydroxylation sites is 1. The quantitative estimate of drug-likeness (QED) is 0.707. The highest BCUT2D eigenvalue weighted by Gasteiger charge is 2.17. The lowest BCUT2D eigenvalue weighted by Gasteiger charge is -2.13. The van der Waals surface area contributed by atoms with Gasteiger partial charge < -0.3 is 5.32 Å². The molecule has 3 aromatic rings. The van der Waals surface area contributed by atoms with Crippen LogP contribution in [-0.2, 0) is 16.6 Å². The number of carbonyl (C=O) groups is 1. The van der Waals surface area contributed by atoms with Crippen LogP contribution in [0.4, 0.5) is 5.69 Å². The minimum atomic E-state index is -3.52. The van der Waals surface area contributed by atoms with Crippen molar-refractivity contribution in [3.63, 3.8) is 0 Å². The van der Waals surface area contributed by atoms with Crippen LogP contribution in [0.3, 0.4) is 0 Å². The number of aromatic nitrogens is 2. The van der Waals surface area contributed by atoms with E-state index >= 15 is 0 Å². The largest absolute Gasteiger partial charge is 0.322 e.